The van der Waals surface area contributed by atoms with E-state index in [1.54, 1.807) is 24.3 Å². The number of fused-ring (bicyclic) bond motifs is 1. The monoisotopic (exact) mass is 325 g/mol. The molecule has 1 amide bonds. The number of Topliss-reactive ketones (excluding diaryl/α,β-unsaturated/α-hetero) is 1. The summed E-state index contributed by atoms with van der Waals surface area (Å²) in [7, 11) is 0. The highest BCUT2D eigenvalue weighted by Gasteiger charge is 2.29. The van der Waals surface area contributed by atoms with Crippen molar-refractivity contribution < 1.29 is 9.59 Å². The first-order valence-corrected chi connectivity index (χ1v) is 7.49. The zero-order valence-electron chi connectivity index (χ0n) is 10.2. The van der Waals surface area contributed by atoms with Crippen LogP contribution in [0.15, 0.2) is 30.3 Å². The van der Waals surface area contributed by atoms with Crippen molar-refractivity contribution in [1.82, 2.24) is 0 Å². The van der Waals surface area contributed by atoms with Crippen molar-refractivity contribution in [3.63, 3.8) is 0 Å². The van der Waals surface area contributed by atoms with Crippen molar-refractivity contribution in [3.8, 4) is 0 Å². The summed E-state index contributed by atoms with van der Waals surface area (Å²) in [5.41, 5.74) is 1.62. The van der Waals surface area contributed by atoms with Crippen LogP contribution in [-0.4, -0.2) is 18.2 Å². The lowest BCUT2D eigenvalue weighted by molar-refractivity contribution is -0.117. The predicted octanol–water partition coefficient (Wildman–Crippen LogP) is 3.83. The Labute approximate surface area is 129 Å². The molecule has 2 heterocycles. The standard InChI is InChI=1S/C14H9Cl2NO2S/c15-9-2-1-8-5-14(19)17(10(8)6-9)7-11(18)12-3-4-13(16)20-12/h1-4,6H,5,7H2. The van der Waals surface area contributed by atoms with Crippen LogP contribution in [0.25, 0.3) is 0 Å². The van der Waals surface area contributed by atoms with Gasteiger partial charge in [-0.25, -0.2) is 0 Å². The highest BCUT2D eigenvalue weighted by Crippen LogP contribution is 2.32. The Morgan fingerprint density at radius 3 is 2.75 bits per heavy atom. The summed E-state index contributed by atoms with van der Waals surface area (Å²) in [5.74, 6) is -0.207. The fourth-order valence-corrected chi connectivity index (χ4v) is 3.33. The summed E-state index contributed by atoms with van der Waals surface area (Å²) in [6, 6.07) is 8.64. The summed E-state index contributed by atoms with van der Waals surface area (Å²) in [4.78, 5) is 26.2. The predicted molar refractivity (Wildman–Crippen MR) is 81.2 cm³/mol. The number of hydrogen-bond donors (Lipinski definition) is 0. The van der Waals surface area contributed by atoms with Crippen LogP contribution in [0.3, 0.4) is 0 Å². The summed E-state index contributed by atoms with van der Waals surface area (Å²) in [6.45, 7) is 0.0169. The summed E-state index contributed by atoms with van der Waals surface area (Å²) in [5, 5.41) is 0.551. The number of thiophene rings is 1. The number of ketones is 1. The molecule has 1 aromatic carbocycles. The van der Waals surface area contributed by atoms with Gasteiger partial charge in [0.15, 0.2) is 5.78 Å². The minimum absolute atomic E-state index is 0.0169. The number of anilines is 1. The van der Waals surface area contributed by atoms with Gasteiger partial charge >= 0.3 is 0 Å². The minimum Gasteiger partial charge on any atom is -0.304 e. The van der Waals surface area contributed by atoms with Gasteiger partial charge in [0.1, 0.15) is 0 Å². The van der Waals surface area contributed by atoms with Crippen LogP contribution in [0.5, 0.6) is 0 Å². The van der Waals surface area contributed by atoms with Crippen molar-refractivity contribution in [2.45, 2.75) is 6.42 Å². The van der Waals surface area contributed by atoms with Crippen molar-refractivity contribution in [2.75, 3.05) is 11.4 Å². The number of carbonyl (C=O) groups is 2. The summed E-state index contributed by atoms with van der Waals surface area (Å²) < 4.78 is 0.560. The highest BCUT2D eigenvalue weighted by atomic mass is 35.5. The Bertz CT molecular complexity index is 711. The Hall–Kier alpha value is -1.36. The Morgan fingerprint density at radius 1 is 1.25 bits per heavy atom. The van der Waals surface area contributed by atoms with Crippen LogP contribution < -0.4 is 4.90 Å². The number of rotatable bonds is 3. The van der Waals surface area contributed by atoms with Gasteiger partial charge < -0.3 is 4.90 Å². The van der Waals surface area contributed by atoms with Gasteiger partial charge in [-0.1, -0.05) is 29.3 Å². The van der Waals surface area contributed by atoms with Crippen LogP contribution in [0.4, 0.5) is 5.69 Å². The lowest BCUT2D eigenvalue weighted by Crippen LogP contribution is -2.32. The van der Waals surface area contributed by atoms with Gasteiger partial charge in [0, 0.05) is 10.7 Å². The molecule has 0 aliphatic carbocycles. The second kappa shape index (κ2) is 5.20. The quantitative estimate of drug-likeness (QED) is 0.804. The normalized spacial score (nSPS) is 13.7. The Kier molecular flexibility index (Phi) is 3.54. The van der Waals surface area contributed by atoms with Crippen LogP contribution in [0, 0.1) is 0 Å². The van der Waals surface area contributed by atoms with E-state index < -0.39 is 0 Å². The van der Waals surface area contributed by atoms with E-state index in [1.165, 1.54) is 16.2 Å². The molecule has 0 fully saturated rings. The van der Waals surface area contributed by atoms with E-state index in [0.29, 0.717) is 20.7 Å². The minimum atomic E-state index is -0.122. The molecular formula is C14H9Cl2NO2S. The number of nitrogens with zero attached hydrogens (tertiary/aromatic N) is 1. The third kappa shape index (κ3) is 2.46. The van der Waals surface area contributed by atoms with Gasteiger partial charge in [-0.2, -0.15) is 0 Å². The smallest absolute Gasteiger partial charge is 0.231 e. The maximum Gasteiger partial charge on any atom is 0.231 e. The molecule has 3 rings (SSSR count). The molecule has 1 aliphatic heterocycles. The number of hydrogen-bond acceptors (Lipinski definition) is 3. The first-order chi connectivity index (χ1) is 9.54. The van der Waals surface area contributed by atoms with Crippen LogP contribution >= 0.6 is 34.5 Å². The summed E-state index contributed by atoms with van der Waals surface area (Å²) in [6.07, 6.45) is 0.310. The second-order valence-corrected chi connectivity index (χ2v) is 6.61. The average Bonchev–Trinajstić information content (AvgIpc) is 2.95. The molecule has 0 bridgehead atoms. The molecule has 3 nitrogen and oxygen atoms in total. The van der Waals surface area contributed by atoms with Gasteiger partial charge in [0.25, 0.3) is 0 Å². The van der Waals surface area contributed by atoms with E-state index >= 15 is 0 Å². The number of carbonyl (C=O) groups excluding carboxylic acids is 2. The largest absolute Gasteiger partial charge is 0.304 e. The maximum absolute atomic E-state index is 12.2. The molecule has 20 heavy (non-hydrogen) atoms. The molecule has 0 saturated carbocycles. The third-order valence-corrected chi connectivity index (χ3v) is 4.64. The molecule has 0 saturated heterocycles. The van der Waals surface area contributed by atoms with E-state index in [0.717, 1.165) is 11.3 Å². The van der Waals surface area contributed by atoms with Gasteiger partial charge in [-0.3, -0.25) is 9.59 Å². The van der Waals surface area contributed by atoms with E-state index in [9.17, 15) is 9.59 Å². The number of benzene rings is 1. The lowest BCUT2D eigenvalue weighted by atomic mass is 10.2. The molecule has 0 atom stereocenters. The molecule has 1 aliphatic rings. The first kappa shape index (κ1) is 13.6. The van der Waals surface area contributed by atoms with Crippen LogP contribution in [-0.2, 0) is 11.2 Å². The molecule has 0 spiro atoms. The van der Waals surface area contributed by atoms with E-state index in [-0.39, 0.29) is 18.2 Å². The topological polar surface area (TPSA) is 37.4 Å². The molecule has 2 aromatic rings. The molecule has 0 unspecified atom stereocenters. The van der Waals surface area contributed by atoms with Gasteiger partial charge in [-0.15, -0.1) is 11.3 Å². The van der Waals surface area contributed by atoms with Crippen molar-refractivity contribution >= 4 is 51.9 Å². The molecular weight excluding hydrogens is 317 g/mol. The average molecular weight is 326 g/mol. The third-order valence-electron chi connectivity index (χ3n) is 3.13. The molecule has 1 aromatic heterocycles. The number of halogens is 2. The zero-order chi connectivity index (χ0) is 14.3. The molecule has 0 N–H and O–H groups in total. The lowest BCUT2D eigenvalue weighted by Gasteiger charge is -2.16. The van der Waals surface area contributed by atoms with Gasteiger partial charge in [0.05, 0.1) is 22.2 Å². The number of amides is 1. The Morgan fingerprint density at radius 2 is 2.05 bits per heavy atom. The fraction of sp³-hybridized carbons (Fsp3) is 0.143. The molecule has 6 heteroatoms. The SMILES string of the molecule is O=C(CN1C(=O)Cc2ccc(Cl)cc21)c1ccc(Cl)s1. The maximum atomic E-state index is 12.2. The Balaban J connectivity index is 1.87. The van der Waals surface area contributed by atoms with Crippen molar-refractivity contribution in [2.24, 2.45) is 0 Å². The van der Waals surface area contributed by atoms with E-state index in [2.05, 4.69) is 0 Å². The van der Waals surface area contributed by atoms with E-state index in [1.807, 2.05) is 6.07 Å². The molecule has 0 radical (unpaired) electrons. The van der Waals surface area contributed by atoms with Gasteiger partial charge in [-0.05, 0) is 29.8 Å². The van der Waals surface area contributed by atoms with Crippen LogP contribution in [0.2, 0.25) is 9.36 Å². The van der Waals surface area contributed by atoms with Crippen LogP contribution in [0.1, 0.15) is 15.2 Å². The second-order valence-electron chi connectivity index (χ2n) is 4.46. The van der Waals surface area contributed by atoms with Gasteiger partial charge in [0.2, 0.25) is 5.91 Å². The van der Waals surface area contributed by atoms with Crippen molar-refractivity contribution in [1.29, 1.82) is 0 Å². The summed E-state index contributed by atoms with van der Waals surface area (Å²) >= 11 is 13.0. The first-order valence-electron chi connectivity index (χ1n) is 5.92. The van der Waals surface area contributed by atoms with Crippen molar-refractivity contribution in [3.05, 3.63) is 50.1 Å². The van der Waals surface area contributed by atoms with E-state index in [4.69, 9.17) is 23.2 Å². The molecule has 102 valence electrons. The zero-order valence-corrected chi connectivity index (χ0v) is 12.6. The fourth-order valence-electron chi connectivity index (χ4n) is 2.19. The highest BCUT2D eigenvalue weighted by molar-refractivity contribution is 7.18.